The van der Waals surface area contributed by atoms with E-state index in [9.17, 15) is 9.59 Å². The average molecular weight is 532 g/mol. The second-order valence-electron chi connectivity index (χ2n) is 8.41. The van der Waals surface area contributed by atoms with E-state index in [4.69, 9.17) is 34.8 Å². The van der Waals surface area contributed by atoms with Gasteiger partial charge in [0.15, 0.2) is 0 Å². The van der Waals surface area contributed by atoms with Crippen LogP contribution in [-0.4, -0.2) is 29.3 Å². The van der Waals surface area contributed by atoms with Crippen molar-refractivity contribution in [2.24, 2.45) is 0 Å². The van der Waals surface area contributed by atoms with E-state index in [1.165, 1.54) is 0 Å². The van der Waals surface area contributed by atoms with E-state index in [0.717, 1.165) is 24.0 Å². The molecule has 0 fully saturated rings. The number of amides is 2. The van der Waals surface area contributed by atoms with Crippen LogP contribution in [0.1, 0.15) is 36.5 Å². The van der Waals surface area contributed by atoms with Gasteiger partial charge in [-0.25, -0.2) is 0 Å². The van der Waals surface area contributed by atoms with Gasteiger partial charge in [-0.1, -0.05) is 96.7 Å². The van der Waals surface area contributed by atoms with Crippen molar-refractivity contribution in [3.8, 4) is 0 Å². The highest BCUT2D eigenvalue weighted by molar-refractivity contribution is 6.35. The maximum atomic E-state index is 13.7. The first-order valence-corrected chi connectivity index (χ1v) is 12.8. The Morgan fingerprint density at radius 2 is 1.60 bits per heavy atom. The molecular formula is C28H29Cl3N2O2. The Labute approximate surface area is 222 Å². The van der Waals surface area contributed by atoms with Crippen LogP contribution in [0.3, 0.4) is 0 Å². The fraction of sp³-hybridized carbons (Fsp3) is 0.286. The summed E-state index contributed by atoms with van der Waals surface area (Å²) >= 11 is 18.6. The second-order valence-corrected chi connectivity index (χ2v) is 9.69. The van der Waals surface area contributed by atoms with Gasteiger partial charge >= 0.3 is 0 Å². The minimum atomic E-state index is -0.702. The van der Waals surface area contributed by atoms with Gasteiger partial charge in [-0.05, 0) is 47.4 Å². The van der Waals surface area contributed by atoms with Gasteiger partial charge in [-0.3, -0.25) is 9.59 Å². The van der Waals surface area contributed by atoms with Crippen molar-refractivity contribution in [2.45, 2.75) is 45.2 Å². The number of nitrogens with one attached hydrogen (secondary N) is 1. The van der Waals surface area contributed by atoms with Gasteiger partial charge in [0, 0.05) is 34.6 Å². The van der Waals surface area contributed by atoms with Crippen molar-refractivity contribution in [3.63, 3.8) is 0 Å². The van der Waals surface area contributed by atoms with E-state index in [0.29, 0.717) is 33.6 Å². The van der Waals surface area contributed by atoms with Crippen LogP contribution in [-0.2, 0) is 29.0 Å². The zero-order valence-corrected chi connectivity index (χ0v) is 21.9. The maximum absolute atomic E-state index is 13.7. The van der Waals surface area contributed by atoms with Crippen molar-refractivity contribution in [3.05, 3.63) is 105 Å². The predicted molar refractivity (Wildman–Crippen MR) is 144 cm³/mol. The van der Waals surface area contributed by atoms with Gasteiger partial charge in [0.05, 0.1) is 6.42 Å². The fourth-order valence-corrected chi connectivity index (χ4v) is 4.51. The van der Waals surface area contributed by atoms with Crippen LogP contribution in [0.2, 0.25) is 15.1 Å². The molecule has 1 atom stereocenters. The van der Waals surface area contributed by atoms with Gasteiger partial charge < -0.3 is 10.2 Å². The highest BCUT2D eigenvalue weighted by Crippen LogP contribution is 2.24. The van der Waals surface area contributed by atoms with E-state index < -0.39 is 6.04 Å². The van der Waals surface area contributed by atoms with Crippen molar-refractivity contribution in [1.29, 1.82) is 0 Å². The minimum absolute atomic E-state index is 0.0457. The van der Waals surface area contributed by atoms with Gasteiger partial charge in [0.2, 0.25) is 11.8 Å². The van der Waals surface area contributed by atoms with Crippen LogP contribution in [0.15, 0.2) is 72.8 Å². The van der Waals surface area contributed by atoms with Crippen molar-refractivity contribution < 1.29 is 9.59 Å². The Morgan fingerprint density at radius 3 is 2.29 bits per heavy atom. The smallest absolute Gasteiger partial charge is 0.243 e. The molecule has 4 nitrogen and oxygen atoms in total. The fourth-order valence-electron chi connectivity index (χ4n) is 3.82. The van der Waals surface area contributed by atoms with Crippen molar-refractivity contribution >= 4 is 46.6 Å². The number of hydrogen-bond acceptors (Lipinski definition) is 2. The monoisotopic (exact) mass is 530 g/mol. The van der Waals surface area contributed by atoms with Crippen LogP contribution in [0.4, 0.5) is 0 Å². The lowest BCUT2D eigenvalue weighted by Crippen LogP contribution is -2.51. The Morgan fingerprint density at radius 1 is 0.886 bits per heavy atom. The quantitative estimate of drug-likeness (QED) is 0.278. The topological polar surface area (TPSA) is 49.4 Å². The molecule has 0 radical (unpaired) electrons. The molecule has 0 saturated heterocycles. The largest absolute Gasteiger partial charge is 0.354 e. The van der Waals surface area contributed by atoms with E-state index in [1.807, 2.05) is 48.5 Å². The molecule has 2 amide bonds. The number of rotatable bonds is 11. The van der Waals surface area contributed by atoms with Crippen molar-refractivity contribution in [1.82, 2.24) is 10.2 Å². The zero-order valence-electron chi connectivity index (χ0n) is 19.6. The third-order valence-electron chi connectivity index (χ3n) is 5.70. The molecule has 0 aromatic heterocycles. The molecule has 0 spiro atoms. The summed E-state index contributed by atoms with van der Waals surface area (Å²) in [6.45, 7) is 2.87. The molecule has 0 bridgehead atoms. The predicted octanol–water partition coefficient (Wildman–Crippen LogP) is 6.75. The van der Waals surface area contributed by atoms with Crippen LogP contribution in [0.25, 0.3) is 0 Å². The first kappa shape index (κ1) is 27.1. The number of carbonyl (C=O) groups is 2. The molecule has 3 rings (SSSR count). The van der Waals surface area contributed by atoms with E-state index >= 15 is 0 Å². The van der Waals surface area contributed by atoms with Crippen LogP contribution in [0, 0.1) is 0 Å². The molecule has 0 unspecified atom stereocenters. The Hall–Kier alpha value is -2.53. The first-order valence-electron chi connectivity index (χ1n) is 11.7. The number of carbonyl (C=O) groups excluding carboxylic acids is 2. The third kappa shape index (κ3) is 8.28. The summed E-state index contributed by atoms with van der Waals surface area (Å²) in [7, 11) is 0. The van der Waals surface area contributed by atoms with Crippen molar-refractivity contribution in [2.75, 3.05) is 6.54 Å². The lowest BCUT2D eigenvalue weighted by atomic mass is 10.0. The summed E-state index contributed by atoms with van der Waals surface area (Å²) in [5, 5.41) is 4.51. The lowest BCUT2D eigenvalue weighted by molar-refractivity contribution is -0.140. The molecule has 0 aliphatic heterocycles. The summed E-state index contributed by atoms with van der Waals surface area (Å²) < 4.78 is 0. The number of unbranched alkanes of at least 4 members (excludes halogenated alkanes) is 1. The van der Waals surface area contributed by atoms with E-state index in [2.05, 4.69) is 12.2 Å². The first-order chi connectivity index (χ1) is 16.9. The average Bonchev–Trinajstić information content (AvgIpc) is 2.84. The molecule has 0 aliphatic rings. The van der Waals surface area contributed by atoms with Crippen LogP contribution >= 0.6 is 34.8 Å². The van der Waals surface area contributed by atoms with Gasteiger partial charge in [-0.15, -0.1) is 0 Å². The molecule has 0 aliphatic carbocycles. The Kier molecular flexibility index (Phi) is 10.5. The summed E-state index contributed by atoms with van der Waals surface area (Å²) in [6, 6.07) is 21.4. The second kappa shape index (κ2) is 13.5. The van der Waals surface area contributed by atoms with Gasteiger partial charge in [0.25, 0.3) is 0 Å². The number of hydrogen-bond donors (Lipinski definition) is 1. The normalized spacial score (nSPS) is 11.7. The number of nitrogens with zero attached hydrogens (tertiary/aromatic N) is 1. The lowest BCUT2D eigenvalue weighted by Gasteiger charge is -2.32. The number of benzene rings is 3. The van der Waals surface area contributed by atoms with Crippen LogP contribution < -0.4 is 5.32 Å². The molecular weight excluding hydrogens is 503 g/mol. The highest BCUT2D eigenvalue weighted by Gasteiger charge is 2.30. The zero-order chi connectivity index (χ0) is 25.2. The summed E-state index contributed by atoms with van der Waals surface area (Å²) in [6.07, 6.45) is 2.26. The number of halogens is 3. The van der Waals surface area contributed by atoms with Gasteiger partial charge in [-0.2, -0.15) is 0 Å². The van der Waals surface area contributed by atoms with E-state index in [1.54, 1.807) is 29.2 Å². The third-order valence-corrected chi connectivity index (χ3v) is 6.52. The molecule has 35 heavy (non-hydrogen) atoms. The molecule has 7 heteroatoms. The molecule has 0 saturated carbocycles. The Bertz CT molecular complexity index is 1140. The Balaban J connectivity index is 1.96. The molecule has 184 valence electrons. The highest BCUT2D eigenvalue weighted by atomic mass is 35.5. The van der Waals surface area contributed by atoms with Crippen LogP contribution in [0.5, 0.6) is 0 Å². The summed E-state index contributed by atoms with van der Waals surface area (Å²) in [4.78, 5) is 28.8. The minimum Gasteiger partial charge on any atom is -0.354 e. The SMILES string of the molecule is CCCCNC(=O)[C@@H](Cc1ccccc1)N(Cc1cccc(Cl)c1)C(=O)Cc1ccc(Cl)cc1Cl. The molecule has 0 heterocycles. The molecule has 3 aromatic rings. The van der Waals surface area contributed by atoms with Gasteiger partial charge in [0.1, 0.15) is 6.04 Å². The molecule has 1 N–H and O–H groups in total. The molecule has 3 aromatic carbocycles. The maximum Gasteiger partial charge on any atom is 0.243 e. The standard InChI is InChI=1S/C28H29Cl3N2O2/c1-2-3-14-32-28(35)26(16-20-8-5-4-6-9-20)33(19-21-10-7-11-23(29)15-21)27(34)17-22-12-13-24(30)18-25(22)31/h4-13,15,18,26H,2-3,14,16-17,19H2,1H3,(H,32,35)/t26-/m1/s1. The van der Waals surface area contributed by atoms with E-state index in [-0.39, 0.29) is 24.8 Å². The summed E-state index contributed by atoms with van der Waals surface area (Å²) in [5.41, 5.74) is 2.46. The summed E-state index contributed by atoms with van der Waals surface area (Å²) in [5.74, 6) is -0.388.